The number of benzene rings is 2. The van der Waals surface area contributed by atoms with Crippen LogP contribution >= 0.6 is 15.9 Å². The fraction of sp³-hybridized carbons (Fsp3) is 0.353. The average Bonchev–Trinajstić information content (AvgIpc) is 3.04. The summed E-state index contributed by atoms with van der Waals surface area (Å²) in [7, 11) is 0. The lowest BCUT2D eigenvalue weighted by Gasteiger charge is -2.11. The van der Waals surface area contributed by atoms with Crippen LogP contribution in [0.25, 0.3) is 10.8 Å². The number of ether oxygens (including phenoxy) is 2. The van der Waals surface area contributed by atoms with Crippen molar-refractivity contribution < 1.29 is 14.3 Å². The lowest BCUT2D eigenvalue weighted by molar-refractivity contribution is -0.123. The van der Waals surface area contributed by atoms with Crippen LogP contribution in [-0.4, -0.2) is 31.8 Å². The van der Waals surface area contributed by atoms with Gasteiger partial charge in [-0.1, -0.05) is 28.1 Å². The number of hydrogen-bond donors (Lipinski definition) is 1. The van der Waals surface area contributed by atoms with Gasteiger partial charge in [-0.2, -0.15) is 0 Å². The first-order valence-corrected chi connectivity index (χ1v) is 8.20. The molecule has 1 aliphatic heterocycles. The van der Waals surface area contributed by atoms with E-state index in [-0.39, 0.29) is 18.6 Å². The fourth-order valence-electron chi connectivity index (χ4n) is 2.52. The Morgan fingerprint density at radius 1 is 1.27 bits per heavy atom. The third-order valence-corrected chi connectivity index (χ3v) is 4.19. The summed E-state index contributed by atoms with van der Waals surface area (Å²) in [6.07, 6.45) is 2.24. The van der Waals surface area contributed by atoms with E-state index in [2.05, 4.69) is 21.2 Å². The summed E-state index contributed by atoms with van der Waals surface area (Å²) in [5, 5.41) is 5.06. The Morgan fingerprint density at radius 3 is 2.91 bits per heavy atom. The molecule has 1 heterocycles. The summed E-state index contributed by atoms with van der Waals surface area (Å²) in [5.41, 5.74) is 0. The molecule has 2 aromatic carbocycles. The van der Waals surface area contributed by atoms with Gasteiger partial charge in [0.05, 0.1) is 6.10 Å². The van der Waals surface area contributed by atoms with Crippen molar-refractivity contribution in [1.29, 1.82) is 0 Å². The van der Waals surface area contributed by atoms with Crippen molar-refractivity contribution in [1.82, 2.24) is 5.32 Å². The van der Waals surface area contributed by atoms with Crippen LogP contribution in [0, 0.1) is 0 Å². The summed E-state index contributed by atoms with van der Waals surface area (Å²) in [6.45, 7) is 1.38. The van der Waals surface area contributed by atoms with Crippen molar-refractivity contribution in [2.24, 2.45) is 0 Å². The van der Waals surface area contributed by atoms with Crippen LogP contribution < -0.4 is 10.1 Å². The third kappa shape index (κ3) is 3.99. The second-order valence-corrected chi connectivity index (χ2v) is 6.30. The molecule has 116 valence electrons. The lowest BCUT2D eigenvalue weighted by Crippen LogP contribution is -2.35. The number of nitrogens with one attached hydrogen (secondary N) is 1. The van der Waals surface area contributed by atoms with E-state index >= 15 is 0 Å². The molecule has 3 rings (SSSR count). The van der Waals surface area contributed by atoms with Crippen LogP contribution in [0.1, 0.15) is 12.8 Å². The molecule has 0 saturated carbocycles. The van der Waals surface area contributed by atoms with E-state index in [0.29, 0.717) is 12.3 Å². The zero-order chi connectivity index (χ0) is 15.4. The van der Waals surface area contributed by atoms with Crippen LogP contribution in [0.4, 0.5) is 0 Å². The van der Waals surface area contributed by atoms with Gasteiger partial charge in [0.1, 0.15) is 5.75 Å². The topological polar surface area (TPSA) is 47.6 Å². The van der Waals surface area contributed by atoms with Crippen molar-refractivity contribution in [2.75, 3.05) is 19.8 Å². The van der Waals surface area contributed by atoms with Gasteiger partial charge >= 0.3 is 0 Å². The highest BCUT2D eigenvalue weighted by Crippen LogP contribution is 2.24. The Labute approximate surface area is 137 Å². The second-order valence-electron chi connectivity index (χ2n) is 5.38. The summed E-state index contributed by atoms with van der Waals surface area (Å²) in [4.78, 5) is 11.8. The van der Waals surface area contributed by atoms with Crippen molar-refractivity contribution >= 4 is 32.6 Å². The van der Waals surface area contributed by atoms with E-state index < -0.39 is 0 Å². The molecule has 1 saturated heterocycles. The minimum absolute atomic E-state index is 0.0226. The first-order valence-electron chi connectivity index (χ1n) is 7.41. The molecule has 1 N–H and O–H groups in total. The van der Waals surface area contributed by atoms with E-state index in [0.717, 1.165) is 34.7 Å². The lowest BCUT2D eigenvalue weighted by atomic mass is 10.1. The van der Waals surface area contributed by atoms with Crippen LogP contribution in [-0.2, 0) is 9.53 Å². The summed E-state index contributed by atoms with van der Waals surface area (Å²) in [5.74, 6) is 0.577. The average molecular weight is 364 g/mol. The smallest absolute Gasteiger partial charge is 0.258 e. The molecule has 1 amide bonds. The normalized spacial score (nSPS) is 17.6. The maximum absolute atomic E-state index is 11.8. The predicted octanol–water partition coefficient (Wildman–Crippen LogP) is 3.28. The largest absolute Gasteiger partial charge is 0.484 e. The molecule has 0 radical (unpaired) electrons. The third-order valence-electron chi connectivity index (χ3n) is 3.69. The van der Waals surface area contributed by atoms with Crippen LogP contribution in [0.3, 0.4) is 0 Å². The minimum atomic E-state index is -0.119. The van der Waals surface area contributed by atoms with Gasteiger partial charge in [0.25, 0.3) is 5.91 Å². The number of amides is 1. The Kier molecular flexibility index (Phi) is 4.95. The van der Waals surface area contributed by atoms with Gasteiger partial charge in [-0.15, -0.1) is 0 Å². The highest BCUT2D eigenvalue weighted by Gasteiger charge is 2.16. The van der Waals surface area contributed by atoms with E-state index in [4.69, 9.17) is 9.47 Å². The van der Waals surface area contributed by atoms with Gasteiger partial charge in [0, 0.05) is 17.6 Å². The van der Waals surface area contributed by atoms with Gasteiger partial charge in [-0.3, -0.25) is 4.79 Å². The van der Waals surface area contributed by atoms with Crippen LogP contribution in [0.5, 0.6) is 5.75 Å². The predicted molar refractivity (Wildman–Crippen MR) is 89.1 cm³/mol. The van der Waals surface area contributed by atoms with Crippen LogP contribution in [0.15, 0.2) is 40.9 Å². The monoisotopic (exact) mass is 363 g/mol. The van der Waals surface area contributed by atoms with E-state index in [1.807, 2.05) is 36.4 Å². The van der Waals surface area contributed by atoms with Gasteiger partial charge < -0.3 is 14.8 Å². The fourth-order valence-corrected chi connectivity index (χ4v) is 2.90. The molecule has 0 unspecified atom stereocenters. The van der Waals surface area contributed by atoms with Crippen molar-refractivity contribution in [3.63, 3.8) is 0 Å². The molecule has 0 aromatic heterocycles. The van der Waals surface area contributed by atoms with Crippen molar-refractivity contribution in [3.8, 4) is 5.75 Å². The molecule has 1 fully saturated rings. The molecule has 2 aromatic rings. The molecular formula is C17H18BrNO3. The number of carbonyl (C=O) groups excluding carboxylic acids is 1. The second kappa shape index (κ2) is 7.11. The summed E-state index contributed by atoms with van der Waals surface area (Å²) in [6, 6.07) is 11.9. The maximum Gasteiger partial charge on any atom is 0.258 e. The van der Waals surface area contributed by atoms with E-state index in [1.54, 1.807) is 0 Å². The number of rotatable bonds is 5. The summed E-state index contributed by atoms with van der Waals surface area (Å²) < 4.78 is 12.1. The van der Waals surface area contributed by atoms with Crippen LogP contribution in [0.2, 0.25) is 0 Å². The van der Waals surface area contributed by atoms with Gasteiger partial charge in [0.15, 0.2) is 6.61 Å². The maximum atomic E-state index is 11.8. The number of halogens is 1. The minimum Gasteiger partial charge on any atom is -0.484 e. The molecule has 0 aliphatic carbocycles. The Bertz CT molecular complexity index is 668. The molecule has 0 bridgehead atoms. The van der Waals surface area contributed by atoms with Gasteiger partial charge in [-0.05, 0) is 47.9 Å². The van der Waals surface area contributed by atoms with Gasteiger partial charge in [0.2, 0.25) is 0 Å². The molecule has 4 nitrogen and oxygen atoms in total. The Morgan fingerprint density at radius 2 is 2.09 bits per heavy atom. The quantitative estimate of drug-likeness (QED) is 0.886. The summed E-state index contributed by atoms with van der Waals surface area (Å²) >= 11 is 3.45. The Balaban J connectivity index is 1.52. The number of hydrogen-bond acceptors (Lipinski definition) is 3. The standard InChI is InChI=1S/C17H18BrNO3/c18-14-5-3-13-9-15(6-4-12(13)8-14)22-11-17(20)19-10-16-2-1-7-21-16/h3-6,8-9,16H,1-2,7,10-11H2,(H,19,20)/t16-/m0/s1. The highest BCUT2D eigenvalue weighted by atomic mass is 79.9. The molecular weight excluding hydrogens is 346 g/mol. The molecule has 22 heavy (non-hydrogen) atoms. The Hall–Kier alpha value is -1.59. The molecule has 0 spiro atoms. The first kappa shape index (κ1) is 15.3. The van der Waals surface area contributed by atoms with E-state index in [9.17, 15) is 4.79 Å². The molecule has 5 heteroatoms. The SMILES string of the molecule is O=C(COc1ccc2cc(Br)ccc2c1)NC[C@@H]1CCCO1. The van der Waals surface area contributed by atoms with Crippen molar-refractivity contribution in [3.05, 3.63) is 40.9 Å². The molecule has 1 atom stereocenters. The number of fused-ring (bicyclic) bond motifs is 1. The zero-order valence-electron chi connectivity index (χ0n) is 12.2. The van der Waals surface area contributed by atoms with E-state index in [1.165, 1.54) is 0 Å². The number of carbonyl (C=O) groups is 1. The first-order chi connectivity index (χ1) is 10.7. The zero-order valence-corrected chi connectivity index (χ0v) is 13.8. The highest BCUT2D eigenvalue weighted by molar-refractivity contribution is 9.10. The van der Waals surface area contributed by atoms with Crippen molar-refractivity contribution in [2.45, 2.75) is 18.9 Å². The van der Waals surface area contributed by atoms with Gasteiger partial charge in [-0.25, -0.2) is 0 Å². The molecule has 1 aliphatic rings.